The van der Waals surface area contributed by atoms with E-state index in [2.05, 4.69) is 30.1 Å². The van der Waals surface area contributed by atoms with Gasteiger partial charge < -0.3 is 10.1 Å². The van der Waals surface area contributed by atoms with E-state index in [0.717, 1.165) is 30.0 Å². The third-order valence-corrected chi connectivity index (χ3v) is 9.27. The van der Waals surface area contributed by atoms with E-state index in [4.69, 9.17) is 4.74 Å². The van der Waals surface area contributed by atoms with E-state index in [9.17, 15) is 18.5 Å². The van der Waals surface area contributed by atoms with Crippen molar-refractivity contribution in [2.24, 2.45) is 0 Å². The fourth-order valence-corrected chi connectivity index (χ4v) is 7.31. The van der Waals surface area contributed by atoms with Crippen LogP contribution >= 0.6 is 11.3 Å². The Labute approximate surface area is 205 Å². The van der Waals surface area contributed by atoms with Gasteiger partial charge in [-0.1, -0.05) is 0 Å². The van der Waals surface area contributed by atoms with Crippen LogP contribution in [0.1, 0.15) is 54.1 Å². The highest BCUT2D eigenvalue weighted by Gasteiger charge is 2.32. The predicted octanol–water partition coefficient (Wildman–Crippen LogP) is 3.44. The number of benzene rings is 1. The first-order valence-corrected chi connectivity index (χ1v) is 13.7. The Kier molecular flexibility index (Phi) is 7.12. The molecule has 2 aliphatic heterocycles. The second-order valence-electron chi connectivity index (χ2n) is 9.19. The first kappa shape index (κ1) is 24.8. The van der Waals surface area contributed by atoms with Gasteiger partial charge in [0.25, 0.3) is 5.91 Å². The summed E-state index contributed by atoms with van der Waals surface area (Å²) >= 11 is 1.45. The molecule has 34 heavy (non-hydrogen) atoms. The molecule has 2 unspecified atom stereocenters. The molecule has 1 N–H and O–H groups in total. The van der Waals surface area contributed by atoms with Crippen LogP contribution in [0.4, 0.5) is 5.00 Å². The summed E-state index contributed by atoms with van der Waals surface area (Å²) in [5, 5.41) is 13.1. The molecule has 0 spiro atoms. The van der Waals surface area contributed by atoms with Gasteiger partial charge >= 0.3 is 0 Å². The molecule has 1 fully saturated rings. The third kappa shape index (κ3) is 4.90. The van der Waals surface area contributed by atoms with E-state index in [0.29, 0.717) is 35.3 Å². The number of carbonyl (C=O) groups excluding carboxylic acids is 1. The first-order valence-electron chi connectivity index (χ1n) is 11.5. The highest BCUT2D eigenvalue weighted by atomic mass is 32.2. The first-order chi connectivity index (χ1) is 16.1. The van der Waals surface area contributed by atoms with Crippen molar-refractivity contribution in [2.75, 3.05) is 25.0 Å². The van der Waals surface area contributed by atoms with E-state index < -0.39 is 10.0 Å². The van der Waals surface area contributed by atoms with Crippen LogP contribution in [-0.4, -0.2) is 61.4 Å². The number of hydrogen-bond donors (Lipinski definition) is 1. The zero-order chi connectivity index (χ0) is 24.6. The number of ether oxygens (including phenoxy) is 1. The van der Waals surface area contributed by atoms with Crippen LogP contribution in [0.2, 0.25) is 0 Å². The number of anilines is 1. The van der Waals surface area contributed by atoms with Gasteiger partial charge in [0.1, 0.15) is 11.1 Å². The average Bonchev–Trinajstić information content (AvgIpc) is 3.14. The number of hydrogen-bond acceptors (Lipinski definition) is 7. The van der Waals surface area contributed by atoms with E-state index in [1.54, 1.807) is 0 Å². The van der Waals surface area contributed by atoms with Gasteiger partial charge in [0.05, 0.1) is 22.7 Å². The second-order valence-corrected chi connectivity index (χ2v) is 12.2. The molecule has 3 heterocycles. The Balaban J connectivity index is 1.50. The number of fused-ring (bicyclic) bond motifs is 1. The third-order valence-electron chi connectivity index (χ3n) is 6.30. The van der Waals surface area contributed by atoms with Crippen LogP contribution in [-0.2, 0) is 27.7 Å². The molecule has 2 aliphatic rings. The zero-order valence-electron chi connectivity index (χ0n) is 19.9. The Hall–Kier alpha value is -2.29. The molecule has 1 amide bonds. The Morgan fingerprint density at radius 2 is 1.85 bits per heavy atom. The van der Waals surface area contributed by atoms with Crippen molar-refractivity contribution in [1.29, 1.82) is 5.26 Å². The number of morpholine rings is 1. The fourth-order valence-electron chi connectivity index (χ4n) is 4.50. The minimum Gasteiger partial charge on any atom is -0.373 e. The predicted molar refractivity (Wildman–Crippen MR) is 131 cm³/mol. The van der Waals surface area contributed by atoms with Crippen LogP contribution in [0.15, 0.2) is 29.2 Å². The topological polar surface area (TPSA) is 103 Å². The molecule has 0 radical (unpaired) electrons. The summed E-state index contributed by atoms with van der Waals surface area (Å²) in [5.41, 5.74) is 1.89. The van der Waals surface area contributed by atoms with Crippen molar-refractivity contribution in [1.82, 2.24) is 9.21 Å². The number of sulfonamides is 1. The summed E-state index contributed by atoms with van der Waals surface area (Å²) in [7, 11) is -3.68. The summed E-state index contributed by atoms with van der Waals surface area (Å²) in [6.07, 6.45) is 0.429. The summed E-state index contributed by atoms with van der Waals surface area (Å²) in [6.45, 7) is 10.3. The molecule has 0 aliphatic carbocycles. The standard InChI is InChI=1S/C24H30N4O4S2/c1-15(2)27-10-9-20-21(11-25)24(33-22(20)14-27)26-23(29)18-5-7-19(8-6-18)34(30,31)28-12-16(3)32-17(4)13-28/h5-8,15-17H,9-10,12-14H2,1-4H3,(H,26,29). The van der Waals surface area contributed by atoms with Crippen molar-refractivity contribution < 1.29 is 17.9 Å². The molecule has 8 nitrogen and oxygen atoms in total. The average molecular weight is 503 g/mol. The Morgan fingerprint density at radius 1 is 1.21 bits per heavy atom. The number of nitriles is 1. The van der Waals surface area contributed by atoms with Crippen molar-refractivity contribution >= 4 is 32.3 Å². The van der Waals surface area contributed by atoms with Crippen LogP contribution in [0.25, 0.3) is 0 Å². The summed E-state index contributed by atoms with van der Waals surface area (Å²) in [6, 6.07) is 8.61. The highest BCUT2D eigenvalue weighted by molar-refractivity contribution is 7.89. The molecule has 1 saturated heterocycles. The smallest absolute Gasteiger partial charge is 0.256 e. The van der Waals surface area contributed by atoms with Gasteiger partial charge in [-0.05, 0) is 63.9 Å². The fraction of sp³-hybridized carbons (Fsp3) is 0.500. The van der Waals surface area contributed by atoms with Crippen LogP contribution in [0.3, 0.4) is 0 Å². The van der Waals surface area contributed by atoms with Gasteiger partial charge in [-0.3, -0.25) is 9.69 Å². The number of nitrogens with one attached hydrogen (secondary N) is 1. The summed E-state index contributed by atoms with van der Waals surface area (Å²) < 4.78 is 33.2. The molecule has 2 aromatic rings. The molecule has 1 aromatic heterocycles. The number of nitrogens with zero attached hydrogens (tertiary/aromatic N) is 3. The lowest BCUT2D eigenvalue weighted by Gasteiger charge is -2.34. The van der Waals surface area contributed by atoms with E-state index >= 15 is 0 Å². The number of thiophene rings is 1. The minimum atomic E-state index is -3.68. The molecule has 2 atom stereocenters. The van der Waals surface area contributed by atoms with E-state index in [1.165, 1.54) is 39.9 Å². The van der Waals surface area contributed by atoms with Gasteiger partial charge in [0.2, 0.25) is 10.0 Å². The largest absolute Gasteiger partial charge is 0.373 e. The van der Waals surface area contributed by atoms with Crippen molar-refractivity contribution in [3.8, 4) is 6.07 Å². The normalized spacial score (nSPS) is 21.8. The van der Waals surface area contributed by atoms with Crippen LogP contribution < -0.4 is 5.32 Å². The minimum absolute atomic E-state index is 0.142. The quantitative estimate of drug-likeness (QED) is 0.672. The Morgan fingerprint density at radius 3 is 2.44 bits per heavy atom. The number of carbonyl (C=O) groups is 1. The monoisotopic (exact) mass is 502 g/mol. The SMILES string of the molecule is CC1CN(S(=O)(=O)c2ccc(C(=O)Nc3sc4c(c3C#N)CCN(C(C)C)C4)cc2)CC(C)O1. The van der Waals surface area contributed by atoms with Crippen LogP contribution in [0.5, 0.6) is 0 Å². The molecule has 0 saturated carbocycles. The number of amides is 1. The molecule has 1 aromatic carbocycles. The van der Waals surface area contributed by atoms with Crippen LogP contribution in [0, 0.1) is 11.3 Å². The van der Waals surface area contributed by atoms with E-state index in [1.807, 2.05) is 13.8 Å². The van der Waals surface area contributed by atoms with Gasteiger partial charge in [0.15, 0.2) is 0 Å². The lowest BCUT2D eigenvalue weighted by molar-refractivity contribution is -0.0440. The molecule has 0 bridgehead atoms. The Bertz CT molecular complexity index is 1200. The van der Waals surface area contributed by atoms with Gasteiger partial charge in [0, 0.05) is 42.7 Å². The highest BCUT2D eigenvalue weighted by Crippen LogP contribution is 2.37. The maximum Gasteiger partial charge on any atom is 0.256 e. The lowest BCUT2D eigenvalue weighted by Crippen LogP contribution is -2.48. The molecular weight excluding hydrogens is 472 g/mol. The van der Waals surface area contributed by atoms with Gasteiger partial charge in [-0.2, -0.15) is 9.57 Å². The zero-order valence-corrected chi connectivity index (χ0v) is 21.5. The van der Waals surface area contributed by atoms with E-state index in [-0.39, 0.29) is 23.0 Å². The molecule has 182 valence electrons. The van der Waals surface area contributed by atoms with Crippen molar-refractivity contribution in [3.63, 3.8) is 0 Å². The van der Waals surface area contributed by atoms with Gasteiger partial charge in [-0.25, -0.2) is 8.42 Å². The summed E-state index contributed by atoms with van der Waals surface area (Å²) in [4.78, 5) is 16.5. The maximum absolute atomic E-state index is 13.1. The molecule has 4 rings (SSSR count). The molecular formula is C24H30N4O4S2. The van der Waals surface area contributed by atoms with Gasteiger partial charge in [-0.15, -0.1) is 11.3 Å². The van der Waals surface area contributed by atoms with Crippen molar-refractivity contribution in [2.45, 2.75) is 63.8 Å². The van der Waals surface area contributed by atoms with Crippen molar-refractivity contribution in [3.05, 3.63) is 45.8 Å². The second kappa shape index (κ2) is 9.76. The lowest BCUT2D eigenvalue weighted by atomic mass is 10.0. The number of rotatable bonds is 5. The summed E-state index contributed by atoms with van der Waals surface area (Å²) in [5.74, 6) is -0.367. The maximum atomic E-state index is 13.1. The molecule has 10 heteroatoms.